The highest BCUT2D eigenvalue weighted by atomic mass is 32.2. The lowest BCUT2D eigenvalue weighted by Crippen LogP contribution is -2.00. The molecule has 5 heteroatoms. The molecule has 1 aromatic heterocycles. The molecule has 0 aliphatic heterocycles. The van der Waals surface area contributed by atoms with E-state index in [0.29, 0.717) is 12.2 Å². The molecule has 0 aliphatic carbocycles. The van der Waals surface area contributed by atoms with Gasteiger partial charge in [0.25, 0.3) is 0 Å². The van der Waals surface area contributed by atoms with E-state index in [9.17, 15) is 8.42 Å². The van der Waals surface area contributed by atoms with E-state index in [1.54, 1.807) is 6.20 Å². The van der Waals surface area contributed by atoms with Gasteiger partial charge in [-0.25, -0.2) is 18.4 Å². The van der Waals surface area contributed by atoms with Gasteiger partial charge in [-0.2, -0.15) is 0 Å². The van der Waals surface area contributed by atoms with Gasteiger partial charge >= 0.3 is 0 Å². The number of hydrogen-bond donors (Lipinski definition) is 1. The molecule has 0 aliphatic rings. The van der Waals surface area contributed by atoms with Gasteiger partial charge in [0.15, 0.2) is 0 Å². The maximum absolute atomic E-state index is 10.5. The molecule has 1 aromatic carbocycles. The summed E-state index contributed by atoms with van der Waals surface area (Å²) in [6.45, 7) is 0. The number of aryl methyl sites for hydroxylation is 1. The smallest absolute Gasteiger partial charge is 0.140 e. The van der Waals surface area contributed by atoms with Gasteiger partial charge in [-0.1, -0.05) is 30.3 Å². The molecule has 0 radical (unpaired) electrons. The van der Waals surface area contributed by atoms with Crippen molar-refractivity contribution in [1.29, 1.82) is 0 Å². The first-order chi connectivity index (χ1) is 8.25. The summed E-state index contributed by atoms with van der Waals surface area (Å²) >= 11 is 0. The second kappa shape index (κ2) is 5.54. The summed E-state index contributed by atoms with van der Waals surface area (Å²) in [5, 5.41) is 0. The Labute approximate surface area is 101 Å². The van der Waals surface area contributed by atoms with E-state index in [4.69, 9.17) is 0 Å². The third-order valence-electron chi connectivity index (χ3n) is 2.29. The van der Waals surface area contributed by atoms with Crippen LogP contribution in [0.2, 0.25) is 0 Å². The van der Waals surface area contributed by atoms with Gasteiger partial charge in [0.2, 0.25) is 0 Å². The minimum absolute atomic E-state index is 0.0908. The van der Waals surface area contributed by atoms with Crippen LogP contribution in [0.4, 0.5) is 0 Å². The largest absolute Gasteiger partial charge is 0.241 e. The van der Waals surface area contributed by atoms with E-state index >= 15 is 0 Å². The van der Waals surface area contributed by atoms with Crippen molar-refractivity contribution in [3.8, 4) is 11.3 Å². The molecule has 0 spiro atoms. The number of thiol groups is 1. The number of rotatable bonds is 4. The van der Waals surface area contributed by atoms with E-state index in [2.05, 4.69) is 9.97 Å². The van der Waals surface area contributed by atoms with E-state index < -0.39 is 10.7 Å². The number of benzene rings is 1. The Bertz CT molecular complexity index is 560. The lowest BCUT2D eigenvalue weighted by molar-refractivity contribution is 0.613. The van der Waals surface area contributed by atoms with Crippen molar-refractivity contribution in [3.63, 3.8) is 0 Å². The molecule has 0 amide bonds. The molecule has 0 fully saturated rings. The Morgan fingerprint density at radius 1 is 1.06 bits per heavy atom. The Balaban J connectivity index is 2.23. The number of hydrogen-bond acceptors (Lipinski definition) is 4. The zero-order chi connectivity index (χ0) is 12.1. The van der Waals surface area contributed by atoms with Crippen molar-refractivity contribution in [1.82, 2.24) is 9.97 Å². The zero-order valence-electron chi connectivity index (χ0n) is 9.11. The van der Waals surface area contributed by atoms with Crippen molar-refractivity contribution in [2.24, 2.45) is 0 Å². The highest BCUT2D eigenvalue weighted by Crippen LogP contribution is 2.15. The summed E-state index contributed by atoms with van der Waals surface area (Å²) in [6, 6.07) is 11.5. The molecule has 0 N–H and O–H groups in total. The van der Waals surface area contributed by atoms with Crippen molar-refractivity contribution in [2.75, 3.05) is 5.75 Å². The summed E-state index contributed by atoms with van der Waals surface area (Å²) in [5.74, 6) is 0.652. The predicted molar refractivity (Wildman–Crippen MR) is 66.4 cm³/mol. The summed E-state index contributed by atoms with van der Waals surface area (Å²) in [4.78, 5) is 8.39. The average molecular weight is 248 g/mol. The van der Waals surface area contributed by atoms with Gasteiger partial charge in [-0.3, -0.25) is 0 Å². The molecule has 2 aromatic rings. The summed E-state index contributed by atoms with van der Waals surface area (Å²) < 4.78 is 21.0. The van der Waals surface area contributed by atoms with Crippen LogP contribution in [-0.2, 0) is 17.1 Å². The quantitative estimate of drug-likeness (QED) is 0.828. The predicted octanol–water partition coefficient (Wildman–Crippen LogP) is 1.30. The van der Waals surface area contributed by atoms with Crippen LogP contribution < -0.4 is 0 Å². The van der Waals surface area contributed by atoms with Gasteiger partial charge < -0.3 is 0 Å². The standard InChI is InChI=1S/C12H12N2O2S/c15-17(16)9-7-12-13-8-6-11(14-12)10-4-2-1-3-5-10/h1-6,8,17H,7,9H2. The first-order valence-electron chi connectivity index (χ1n) is 5.25. The molecule has 0 saturated carbocycles. The van der Waals surface area contributed by atoms with Crippen LogP contribution in [0, 0.1) is 0 Å². The lowest BCUT2D eigenvalue weighted by atomic mass is 10.1. The topological polar surface area (TPSA) is 59.9 Å². The van der Waals surface area contributed by atoms with Crippen molar-refractivity contribution in [2.45, 2.75) is 6.42 Å². The normalized spacial score (nSPS) is 10.6. The molecule has 0 bridgehead atoms. The maximum Gasteiger partial charge on any atom is 0.140 e. The molecular weight excluding hydrogens is 236 g/mol. The van der Waals surface area contributed by atoms with E-state index in [1.165, 1.54) is 0 Å². The van der Waals surface area contributed by atoms with Gasteiger partial charge in [0, 0.05) is 18.2 Å². The van der Waals surface area contributed by atoms with E-state index in [-0.39, 0.29) is 5.75 Å². The van der Waals surface area contributed by atoms with Gasteiger partial charge in [-0.15, -0.1) is 0 Å². The highest BCUT2D eigenvalue weighted by molar-refractivity contribution is 7.72. The number of nitrogens with zero attached hydrogens (tertiary/aromatic N) is 2. The maximum atomic E-state index is 10.5. The van der Waals surface area contributed by atoms with Gasteiger partial charge in [0.05, 0.1) is 11.4 Å². The van der Waals surface area contributed by atoms with Crippen LogP contribution in [0.3, 0.4) is 0 Å². The molecule has 1 heterocycles. The second-order valence-electron chi connectivity index (χ2n) is 3.53. The van der Waals surface area contributed by atoms with Gasteiger partial charge in [0.1, 0.15) is 16.5 Å². The fourth-order valence-corrected chi connectivity index (χ4v) is 1.86. The van der Waals surface area contributed by atoms with E-state index in [1.807, 2.05) is 36.4 Å². The van der Waals surface area contributed by atoms with Crippen LogP contribution in [0.1, 0.15) is 5.82 Å². The van der Waals surface area contributed by atoms with E-state index in [0.717, 1.165) is 11.3 Å². The summed E-state index contributed by atoms with van der Waals surface area (Å²) in [5.41, 5.74) is 1.82. The summed E-state index contributed by atoms with van der Waals surface area (Å²) in [7, 11) is -2.37. The zero-order valence-corrected chi connectivity index (χ0v) is 10.0. The minimum Gasteiger partial charge on any atom is -0.241 e. The Kier molecular flexibility index (Phi) is 3.82. The minimum atomic E-state index is -2.37. The van der Waals surface area contributed by atoms with Crippen LogP contribution in [-0.4, -0.2) is 24.1 Å². The van der Waals surface area contributed by atoms with Crippen LogP contribution in [0.25, 0.3) is 11.3 Å². The molecule has 0 unspecified atom stereocenters. The first kappa shape index (κ1) is 11.7. The molecule has 0 saturated heterocycles. The number of aromatic nitrogens is 2. The van der Waals surface area contributed by atoms with Crippen molar-refractivity contribution >= 4 is 10.7 Å². The average Bonchev–Trinajstić information content (AvgIpc) is 2.38. The Morgan fingerprint density at radius 2 is 1.82 bits per heavy atom. The summed E-state index contributed by atoms with van der Waals surface area (Å²) in [6.07, 6.45) is 2.02. The molecule has 88 valence electrons. The fourth-order valence-electron chi connectivity index (χ4n) is 1.48. The highest BCUT2D eigenvalue weighted by Gasteiger charge is 2.02. The fraction of sp³-hybridized carbons (Fsp3) is 0.167. The third-order valence-corrected chi connectivity index (χ3v) is 2.88. The van der Waals surface area contributed by atoms with Crippen molar-refractivity contribution < 1.29 is 8.42 Å². The van der Waals surface area contributed by atoms with Crippen LogP contribution in [0.5, 0.6) is 0 Å². The first-order valence-corrected chi connectivity index (χ1v) is 6.61. The molecule has 4 nitrogen and oxygen atoms in total. The lowest BCUT2D eigenvalue weighted by Gasteiger charge is -2.02. The molecular formula is C12H12N2O2S. The monoisotopic (exact) mass is 248 g/mol. The van der Waals surface area contributed by atoms with Crippen molar-refractivity contribution in [3.05, 3.63) is 48.4 Å². The SMILES string of the molecule is O=[SH](=O)CCc1nccc(-c2ccccc2)n1. The van der Waals surface area contributed by atoms with Crippen LogP contribution >= 0.6 is 0 Å². The second-order valence-corrected chi connectivity index (χ2v) is 4.64. The molecule has 2 rings (SSSR count). The Hall–Kier alpha value is -1.75. The van der Waals surface area contributed by atoms with Crippen LogP contribution in [0.15, 0.2) is 42.6 Å². The Morgan fingerprint density at radius 3 is 2.53 bits per heavy atom. The molecule has 17 heavy (non-hydrogen) atoms. The van der Waals surface area contributed by atoms with Gasteiger partial charge in [-0.05, 0) is 6.07 Å². The molecule has 0 atom stereocenters. The third kappa shape index (κ3) is 3.35.